The van der Waals surface area contributed by atoms with Crippen LogP contribution in [-0.2, 0) is 24.0 Å². The fourth-order valence-electron chi connectivity index (χ4n) is 0.950. The molecule has 0 amide bonds. The highest BCUT2D eigenvalue weighted by Gasteiger charge is 2.35. The number of aliphatic hydroxyl groups excluding tert-OH is 1. The first-order valence-corrected chi connectivity index (χ1v) is 6.20. The van der Waals surface area contributed by atoms with Crippen molar-refractivity contribution < 1.29 is 22.5 Å². The summed E-state index contributed by atoms with van der Waals surface area (Å²) >= 11 is 0. The lowest BCUT2D eigenvalue weighted by molar-refractivity contribution is -0.141. The first-order valence-electron chi connectivity index (χ1n) is 4.88. The van der Waals surface area contributed by atoms with E-state index in [0.717, 1.165) is 10.7 Å². The Kier molecular flexibility index (Phi) is 6.40. The van der Waals surface area contributed by atoms with E-state index < -0.39 is 22.7 Å². The van der Waals surface area contributed by atoms with Crippen LogP contribution >= 0.6 is 0 Å². The lowest BCUT2D eigenvalue weighted by atomic mass is 10.4. The second kappa shape index (κ2) is 6.75. The Morgan fingerprint density at radius 2 is 1.94 bits per heavy atom. The van der Waals surface area contributed by atoms with Crippen LogP contribution in [0.15, 0.2) is 11.1 Å². The maximum Gasteiger partial charge on any atom is 0.435 e. The number of halogens is 3. The highest BCUT2D eigenvalue weighted by molar-refractivity contribution is 7.84. The summed E-state index contributed by atoms with van der Waals surface area (Å²) in [5.74, 6) is 0.275. The molecule has 1 N–H and O–H groups in total. The molecule has 1 atom stereocenters. The molecule has 1 aromatic heterocycles. The van der Waals surface area contributed by atoms with E-state index in [9.17, 15) is 17.4 Å². The van der Waals surface area contributed by atoms with E-state index in [-0.39, 0.29) is 17.4 Å². The molecular weight excluding hydrogens is 257 g/mol. The molecule has 0 radical (unpaired) electrons. The summed E-state index contributed by atoms with van der Waals surface area (Å²) in [5, 5.41) is 10.9. The molecule has 0 saturated carbocycles. The van der Waals surface area contributed by atoms with Gasteiger partial charge in [-0.3, -0.25) is 8.89 Å². The Hall–Kier alpha value is -0.890. The molecule has 1 aromatic rings. The predicted octanol–water partition coefficient (Wildman–Crippen LogP) is 1.57. The highest BCUT2D eigenvalue weighted by Crippen LogP contribution is 2.28. The fourth-order valence-corrected chi connectivity index (χ4v) is 1.82. The zero-order chi connectivity index (χ0) is 13.6. The number of hydrogen-bond acceptors (Lipinski definition) is 3. The van der Waals surface area contributed by atoms with Crippen LogP contribution in [0.1, 0.15) is 19.5 Å². The van der Waals surface area contributed by atoms with Crippen LogP contribution in [0.25, 0.3) is 0 Å². The molecule has 0 aliphatic rings. The lowest BCUT2D eigenvalue weighted by Gasteiger charge is -1.98. The van der Waals surface area contributed by atoms with Crippen molar-refractivity contribution in [3.63, 3.8) is 0 Å². The molecule has 0 fully saturated rings. The molecule has 0 bridgehead atoms. The van der Waals surface area contributed by atoms with E-state index in [2.05, 4.69) is 5.10 Å². The minimum atomic E-state index is -4.48. The van der Waals surface area contributed by atoms with E-state index in [4.69, 9.17) is 5.11 Å². The van der Waals surface area contributed by atoms with Gasteiger partial charge in [0.15, 0.2) is 5.69 Å². The van der Waals surface area contributed by atoms with Crippen LogP contribution in [0, 0.1) is 0 Å². The third kappa shape index (κ3) is 4.86. The first-order chi connectivity index (χ1) is 7.77. The van der Waals surface area contributed by atoms with E-state index >= 15 is 0 Å². The van der Waals surface area contributed by atoms with Crippen LogP contribution in [-0.4, -0.2) is 31.5 Å². The molecule has 8 heteroatoms. The smallest absolute Gasteiger partial charge is 0.397 e. The van der Waals surface area contributed by atoms with Crippen LogP contribution in [0.3, 0.4) is 0 Å². The predicted molar refractivity (Wildman–Crippen MR) is 57.9 cm³/mol. The quantitative estimate of drug-likeness (QED) is 0.889. The SMILES string of the molecule is CCO.CCS(=O)c1cc(C(F)(F)F)nn1C. The van der Waals surface area contributed by atoms with Crippen molar-refractivity contribution in [3.8, 4) is 0 Å². The van der Waals surface area contributed by atoms with Crippen LogP contribution in [0.4, 0.5) is 13.2 Å². The number of rotatable bonds is 2. The zero-order valence-corrected chi connectivity index (χ0v) is 10.6. The number of hydrogen-bond donors (Lipinski definition) is 1. The van der Waals surface area contributed by atoms with Gasteiger partial charge in [-0.2, -0.15) is 18.3 Å². The van der Waals surface area contributed by atoms with Crippen molar-refractivity contribution in [3.05, 3.63) is 11.8 Å². The minimum absolute atomic E-state index is 0.0971. The van der Waals surface area contributed by atoms with Gasteiger partial charge in [0.1, 0.15) is 5.03 Å². The molecule has 0 aliphatic heterocycles. The Labute approximate surface area is 99.9 Å². The molecule has 0 spiro atoms. The monoisotopic (exact) mass is 272 g/mol. The molecule has 1 heterocycles. The van der Waals surface area contributed by atoms with Gasteiger partial charge in [0, 0.05) is 25.5 Å². The van der Waals surface area contributed by atoms with E-state index in [1.165, 1.54) is 7.05 Å². The number of alkyl halides is 3. The summed E-state index contributed by atoms with van der Waals surface area (Å²) < 4.78 is 48.8. The summed E-state index contributed by atoms with van der Waals surface area (Å²) in [6.45, 7) is 3.57. The van der Waals surface area contributed by atoms with Crippen LogP contribution in [0.5, 0.6) is 0 Å². The maximum atomic E-state index is 12.2. The molecule has 0 saturated heterocycles. The van der Waals surface area contributed by atoms with Crippen molar-refractivity contribution >= 4 is 10.8 Å². The molecule has 100 valence electrons. The van der Waals surface area contributed by atoms with Gasteiger partial charge in [-0.25, -0.2) is 0 Å². The molecule has 1 rings (SSSR count). The highest BCUT2D eigenvalue weighted by atomic mass is 32.2. The second-order valence-electron chi connectivity index (χ2n) is 2.94. The summed E-state index contributed by atoms with van der Waals surface area (Å²) in [6, 6.07) is 0.819. The van der Waals surface area contributed by atoms with Gasteiger partial charge in [0.2, 0.25) is 0 Å². The minimum Gasteiger partial charge on any atom is -0.397 e. The third-order valence-corrected chi connectivity index (χ3v) is 3.00. The zero-order valence-electron chi connectivity index (χ0n) is 9.78. The average molecular weight is 272 g/mol. The summed E-state index contributed by atoms with van der Waals surface area (Å²) in [7, 11) is -0.0701. The maximum absolute atomic E-state index is 12.2. The largest absolute Gasteiger partial charge is 0.435 e. The van der Waals surface area contributed by atoms with Crippen molar-refractivity contribution in [1.82, 2.24) is 9.78 Å². The van der Waals surface area contributed by atoms with Crippen molar-refractivity contribution in [2.45, 2.75) is 25.0 Å². The lowest BCUT2D eigenvalue weighted by Crippen LogP contribution is -2.06. The Bertz CT molecular complexity index is 377. The number of aromatic nitrogens is 2. The molecule has 17 heavy (non-hydrogen) atoms. The van der Waals surface area contributed by atoms with Crippen molar-refractivity contribution in [2.75, 3.05) is 12.4 Å². The number of aliphatic hydroxyl groups is 1. The Morgan fingerprint density at radius 3 is 2.24 bits per heavy atom. The molecule has 0 aromatic carbocycles. The van der Waals surface area contributed by atoms with E-state index in [1.807, 2.05) is 0 Å². The van der Waals surface area contributed by atoms with Gasteiger partial charge in [-0.1, -0.05) is 6.92 Å². The summed E-state index contributed by atoms with van der Waals surface area (Å²) in [4.78, 5) is 0. The third-order valence-electron chi connectivity index (χ3n) is 1.62. The van der Waals surface area contributed by atoms with Crippen molar-refractivity contribution in [1.29, 1.82) is 0 Å². The van der Waals surface area contributed by atoms with E-state index in [0.29, 0.717) is 0 Å². The first kappa shape index (κ1) is 16.1. The van der Waals surface area contributed by atoms with Gasteiger partial charge < -0.3 is 5.11 Å². The van der Waals surface area contributed by atoms with Crippen molar-refractivity contribution in [2.24, 2.45) is 7.05 Å². The fraction of sp³-hybridized carbons (Fsp3) is 0.667. The number of aryl methyl sites for hydroxylation is 1. The molecular formula is C9H15F3N2O2S. The van der Waals surface area contributed by atoms with Crippen LogP contribution in [0.2, 0.25) is 0 Å². The second-order valence-corrected chi connectivity index (χ2v) is 4.63. The standard InChI is InChI=1S/C7H9F3N2OS.C2H6O/c1-3-14(13)6-4-5(7(8,9)10)11-12(6)2;1-2-3/h4H,3H2,1-2H3;3H,2H2,1H3. The van der Waals surface area contributed by atoms with E-state index in [1.54, 1.807) is 13.8 Å². The normalized spacial score (nSPS) is 12.9. The van der Waals surface area contributed by atoms with Gasteiger partial charge in [0.25, 0.3) is 0 Å². The average Bonchev–Trinajstić information content (AvgIpc) is 2.60. The summed E-state index contributed by atoms with van der Waals surface area (Å²) in [5.41, 5.74) is -1.00. The Morgan fingerprint density at radius 1 is 1.47 bits per heavy atom. The van der Waals surface area contributed by atoms with Gasteiger partial charge in [-0.15, -0.1) is 0 Å². The summed E-state index contributed by atoms with van der Waals surface area (Å²) in [6.07, 6.45) is -4.48. The van der Waals surface area contributed by atoms with Gasteiger partial charge in [0.05, 0.1) is 10.8 Å². The molecule has 1 unspecified atom stereocenters. The van der Waals surface area contributed by atoms with Gasteiger partial charge in [-0.05, 0) is 6.92 Å². The molecule has 4 nitrogen and oxygen atoms in total. The topological polar surface area (TPSA) is 55.1 Å². The number of nitrogens with zero attached hydrogens (tertiary/aromatic N) is 2. The van der Waals surface area contributed by atoms with Gasteiger partial charge >= 0.3 is 6.18 Å². The Balaban J connectivity index is 0.000000770. The van der Waals surface area contributed by atoms with Crippen LogP contribution < -0.4 is 0 Å². The molecule has 0 aliphatic carbocycles.